The second kappa shape index (κ2) is 5.99. The van der Waals surface area contributed by atoms with Crippen molar-refractivity contribution >= 4 is 17.6 Å². The van der Waals surface area contributed by atoms with Crippen molar-refractivity contribution in [1.29, 1.82) is 0 Å². The van der Waals surface area contributed by atoms with E-state index >= 15 is 0 Å². The van der Waals surface area contributed by atoms with Gasteiger partial charge in [-0.05, 0) is 17.7 Å². The van der Waals surface area contributed by atoms with E-state index in [1.54, 1.807) is 24.3 Å². The number of aliphatic carboxylic acids is 1. The van der Waals surface area contributed by atoms with Crippen molar-refractivity contribution in [2.45, 2.75) is 18.8 Å². The van der Waals surface area contributed by atoms with Crippen molar-refractivity contribution in [1.82, 2.24) is 0 Å². The summed E-state index contributed by atoms with van der Waals surface area (Å²) in [6.45, 7) is 0.212. The lowest BCUT2D eigenvalue weighted by Crippen LogP contribution is -2.69. The molecule has 0 bridgehead atoms. The van der Waals surface area contributed by atoms with Crippen LogP contribution >= 0.6 is 0 Å². The van der Waals surface area contributed by atoms with E-state index in [-0.39, 0.29) is 12.5 Å². The minimum absolute atomic E-state index is 0.212. The molecule has 112 valence electrons. The summed E-state index contributed by atoms with van der Waals surface area (Å²) in [5.74, 6) is -1.39. The Morgan fingerprint density at radius 3 is 2.23 bits per heavy atom. The maximum atomic E-state index is 12.2. The fourth-order valence-corrected chi connectivity index (χ4v) is 2.50. The number of benzene rings is 2. The fraction of sp³-hybridized carbons (Fsp3) is 0.176. The number of hydrogen-bond donors (Lipinski definition) is 1. The van der Waals surface area contributed by atoms with Crippen molar-refractivity contribution in [2.75, 3.05) is 4.90 Å². The molecule has 5 heteroatoms. The minimum Gasteiger partial charge on any atom is -0.480 e. The van der Waals surface area contributed by atoms with Gasteiger partial charge in [-0.25, -0.2) is 4.79 Å². The van der Waals surface area contributed by atoms with Gasteiger partial charge in [0.25, 0.3) is 5.91 Å². The Balaban J connectivity index is 1.73. The smallest absolute Gasteiger partial charge is 0.330 e. The SMILES string of the molecule is O=C(O)[C@H]1[C@@H](OCc2ccccc2)C(=O)N1c1ccccc1. The molecule has 1 aliphatic rings. The topological polar surface area (TPSA) is 66.8 Å². The first kappa shape index (κ1) is 14.3. The van der Waals surface area contributed by atoms with Crippen LogP contribution in [0, 0.1) is 0 Å². The van der Waals surface area contributed by atoms with E-state index < -0.39 is 18.1 Å². The minimum atomic E-state index is -1.07. The van der Waals surface area contributed by atoms with Crippen molar-refractivity contribution < 1.29 is 19.4 Å². The molecule has 5 nitrogen and oxygen atoms in total. The number of β-lactam (4-membered cyclic amide) rings is 1. The van der Waals surface area contributed by atoms with Crippen molar-refractivity contribution in [2.24, 2.45) is 0 Å². The zero-order chi connectivity index (χ0) is 15.5. The van der Waals surface area contributed by atoms with E-state index in [0.29, 0.717) is 5.69 Å². The van der Waals surface area contributed by atoms with E-state index in [0.717, 1.165) is 5.56 Å². The zero-order valence-corrected chi connectivity index (χ0v) is 11.8. The Hall–Kier alpha value is -2.66. The quantitative estimate of drug-likeness (QED) is 0.858. The Labute approximate surface area is 127 Å². The number of rotatable bonds is 5. The average Bonchev–Trinajstić information content (AvgIpc) is 2.54. The highest BCUT2D eigenvalue weighted by Gasteiger charge is 2.53. The van der Waals surface area contributed by atoms with E-state index in [2.05, 4.69) is 0 Å². The lowest BCUT2D eigenvalue weighted by molar-refractivity contribution is -0.158. The van der Waals surface area contributed by atoms with Gasteiger partial charge in [-0.2, -0.15) is 0 Å². The van der Waals surface area contributed by atoms with Gasteiger partial charge in [0.05, 0.1) is 6.61 Å². The number of carbonyl (C=O) groups excluding carboxylic acids is 1. The van der Waals surface area contributed by atoms with Gasteiger partial charge in [0.2, 0.25) is 0 Å². The largest absolute Gasteiger partial charge is 0.480 e. The molecular weight excluding hydrogens is 282 g/mol. The summed E-state index contributed by atoms with van der Waals surface area (Å²) in [6.07, 6.45) is -0.946. The van der Waals surface area contributed by atoms with Crippen LogP contribution in [-0.4, -0.2) is 29.1 Å². The first-order valence-corrected chi connectivity index (χ1v) is 6.95. The highest BCUT2D eigenvalue weighted by atomic mass is 16.5. The molecule has 0 aliphatic carbocycles. The van der Waals surface area contributed by atoms with Crippen LogP contribution in [-0.2, 0) is 20.9 Å². The Morgan fingerprint density at radius 2 is 1.64 bits per heavy atom. The van der Waals surface area contributed by atoms with E-state index in [9.17, 15) is 14.7 Å². The van der Waals surface area contributed by atoms with Crippen molar-refractivity contribution in [3.63, 3.8) is 0 Å². The summed E-state index contributed by atoms with van der Waals surface area (Å²) >= 11 is 0. The summed E-state index contributed by atoms with van der Waals surface area (Å²) < 4.78 is 5.53. The number of ether oxygens (including phenoxy) is 1. The van der Waals surface area contributed by atoms with Gasteiger partial charge in [-0.1, -0.05) is 48.5 Å². The lowest BCUT2D eigenvalue weighted by atomic mass is 9.96. The summed E-state index contributed by atoms with van der Waals surface area (Å²) in [6, 6.07) is 17.1. The number of amides is 1. The fourth-order valence-electron chi connectivity index (χ4n) is 2.50. The number of hydrogen-bond acceptors (Lipinski definition) is 3. The van der Waals surface area contributed by atoms with Crippen LogP contribution in [0.5, 0.6) is 0 Å². The maximum absolute atomic E-state index is 12.2. The van der Waals surface area contributed by atoms with Crippen LogP contribution in [0.15, 0.2) is 60.7 Å². The highest BCUT2D eigenvalue weighted by molar-refractivity contribution is 6.12. The summed E-state index contributed by atoms with van der Waals surface area (Å²) in [4.78, 5) is 25.0. The third-order valence-corrected chi connectivity index (χ3v) is 3.61. The number of carbonyl (C=O) groups is 2. The number of anilines is 1. The third-order valence-electron chi connectivity index (χ3n) is 3.61. The molecule has 1 amide bonds. The Morgan fingerprint density at radius 1 is 1.05 bits per heavy atom. The van der Waals surface area contributed by atoms with Gasteiger partial charge < -0.3 is 9.84 Å². The predicted molar refractivity (Wildman–Crippen MR) is 80.4 cm³/mol. The molecule has 0 unspecified atom stereocenters. The molecular formula is C17H15NO4. The molecule has 2 aromatic carbocycles. The van der Waals surface area contributed by atoms with Crippen molar-refractivity contribution in [3.05, 3.63) is 66.2 Å². The zero-order valence-electron chi connectivity index (χ0n) is 11.8. The summed E-state index contributed by atoms with van der Waals surface area (Å²) in [5, 5.41) is 9.38. The lowest BCUT2D eigenvalue weighted by Gasteiger charge is -2.43. The van der Waals surface area contributed by atoms with Gasteiger partial charge in [0.1, 0.15) is 0 Å². The number of para-hydroxylation sites is 1. The number of carboxylic acid groups (broad SMARTS) is 1. The highest BCUT2D eigenvalue weighted by Crippen LogP contribution is 2.30. The van der Waals surface area contributed by atoms with Crippen LogP contribution in [0.3, 0.4) is 0 Å². The standard InChI is InChI=1S/C17H15NO4/c19-16-15(22-11-12-7-3-1-4-8-12)14(17(20)21)18(16)13-9-5-2-6-10-13/h1-10,14-15H,11H2,(H,20,21)/t14-,15-/m1/s1. The van der Waals surface area contributed by atoms with Crippen LogP contribution in [0.2, 0.25) is 0 Å². The molecule has 2 atom stereocenters. The van der Waals surface area contributed by atoms with Gasteiger partial charge in [-0.3, -0.25) is 9.69 Å². The van der Waals surface area contributed by atoms with Gasteiger partial charge in [0, 0.05) is 5.69 Å². The molecule has 1 fully saturated rings. The molecule has 0 spiro atoms. The molecule has 22 heavy (non-hydrogen) atoms. The van der Waals surface area contributed by atoms with Crippen molar-refractivity contribution in [3.8, 4) is 0 Å². The Kier molecular flexibility index (Phi) is 3.89. The first-order valence-electron chi connectivity index (χ1n) is 6.95. The number of nitrogens with zero attached hydrogens (tertiary/aromatic N) is 1. The normalized spacial score (nSPS) is 20.5. The molecule has 2 aromatic rings. The van der Waals surface area contributed by atoms with E-state index in [1.165, 1.54) is 4.90 Å². The van der Waals surface area contributed by atoms with Crippen LogP contribution in [0.1, 0.15) is 5.56 Å². The van der Waals surface area contributed by atoms with E-state index in [4.69, 9.17) is 4.74 Å². The predicted octanol–water partition coefficient (Wildman–Crippen LogP) is 2.07. The molecule has 1 heterocycles. The Bertz CT molecular complexity index is 672. The van der Waals surface area contributed by atoms with Gasteiger partial charge >= 0.3 is 5.97 Å². The molecule has 0 radical (unpaired) electrons. The molecule has 1 N–H and O–H groups in total. The second-order valence-electron chi connectivity index (χ2n) is 5.04. The monoisotopic (exact) mass is 297 g/mol. The number of carboxylic acids is 1. The molecule has 3 rings (SSSR count). The second-order valence-corrected chi connectivity index (χ2v) is 5.04. The third kappa shape index (κ3) is 2.58. The molecule has 0 saturated carbocycles. The molecule has 1 saturated heterocycles. The first-order chi connectivity index (χ1) is 10.7. The molecule has 0 aromatic heterocycles. The van der Waals surface area contributed by atoms with Gasteiger partial charge in [0.15, 0.2) is 12.1 Å². The van der Waals surface area contributed by atoms with Crippen LogP contribution in [0.4, 0.5) is 5.69 Å². The van der Waals surface area contributed by atoms with E-state index in [1.807, 2.05) is 36.4 Å². The maximum Gasteiger partial charge on any atom is 0.330 e. The summed E-state index contributed by atoms with van der Waals surface area (Å²) in [5.41, 5.74) is 1.47. The summed E-state index contributed by atoms with van der Waals surface area (Å²) in [7, 11) is 0. The average molecular weight is 297 g/mol. The van der Waals surface area contributed by atoms with Crippen LogP contribution < -0.4 is 4.90 Å². The van der Waals surface area contributed by atoms with Gasteiger partial charge in [-0.15, -0.1) is 0 Å². The van der Waals surface area contributed by atoms with Crippen LogP contribution in [0.25, 0.3) is 0 Å². The molecule has 1 aliphatic heterocycles.